The van der Waals surface area contributed by atoms with Gasteiger partial charge in [0.05, 0.1) is 0 Å². The van der Waals surface area contributed by atoms with Gasteiger partial charge >= 0.3 is 0 Å². The van der Waals surface area contributed by atoms with Crippen molar-refractivity contribution in [3.8, 4) is 11.4 Å². The topological polar surface area (TPSA) is 67.6 Å². The Morgan fingerprint density at radius 2 is 2.21 bits per heavy atom. The zero-order valence-corrected chi connectivity index (χ0v) is 9.17. The van der Waals surface area contributed by atoms with Crippen molar-refractivity contribution in [1.29, 1.82) is 0 Å². The molecule has 0 aliphatic heterocycles. The lowest BCUT2D eigenvalue weighted by Gasteiger charge is -1.99. The first-order valence-corrected chi connectivity index (χ1v) is 4.90. The van der Waals surface area contributed by atoms with Crippen molar-refractivity contribution in [3.05, 3.63) is 28.5 Å². The zero-order chi connectivity index (χ0) is 10.1. The van der Waals surface area contributed by atoms with Gasteiger partial charge in [-0.25, -0.2) is 4.98 Å². The number of nitrogen functional groups attached to an aromatic ring is 1. The summed E-state index contributed by atoms with van der Waals surface area (Å²) in [6.45, 7) is 1.86. The summed E-state index contributed by atoms with van der Waals surface area (Å²) in [5, 5.41) is 6.85. The molecule has 5 heteroatoms. The van der Waals surface area contributed by atoms with Crippen LogP contribution in [-0.4, -0.2) is 15.2 Å². The minimum atomic E-state index is 0.684. The summed E-state index contributed by atoms with van der Waals surface area (Å²) in [7, 11) is 0. The van der Waals surface area contributed by atoms with Crippen LogP contribution in [0.15, 0.2) is 22.7 Å². The zero-order valence-electron chi connectivity index (χ0n) is 7.58. The van der Waals surface area contributed by atoms with Gasteiger partial charge in [-0.2, -0.15) is 5.10 Å². The summed E-state index contributed by atoms with van der Waals surface area (Å²) in [5.74, 6) is 1.48. The number of halogens is 1. The van der Waals surface area contributed by atoms with Crippen LogP contribution >= 0.6 is 15.9 Å². The van der Waals surface area contributed by atoms with Gasteiger partial charge in [-0.15, -0.1) is 0 Å². The Balaban J connectivity index is 2.47. The van der Waals surface area contributed by atoms with Gasteiger partial charge in [0.25, 0.3) is 0 Å². The van der Waals surface area contributed by atoms with E-state index in [2.05, 4.69) is 31.1 Å². The predicted octanol–water partition coefficient (Wildman–Crippen LogP) is 2.12. The molecule has 0 saturated carbocycles. The largest absolute Gasteiger partial charge is 0.398 e. The van der Waals surface area contributed by atoms with Crippen LogP contribution < -0.4 is 5.73 Å². The van der Waals surface area contributed by atoms with Crippen molar-refractivity contribution in [2.75, 3.05) is 5.73 Å². The fourth-order valence-corrected chi connectivity index (χ4v) is 1.52. The Labute approximate surface area is 89.7 Å². The SMILES string of the molecule is Cc1nc(-c2ccc(N)c(Br)c2)n[nH]1. The Kier molecular flexibility index (Phi) is 2.25. The number of H-pyrrole nitrogens is 1. The number of aromatic amines is 1. The molecule has 0 atom stereocenters. The van der Waals surface area contributed by atoms with Gasteiger partial charge in [-0.3, -0.25) is 5.10 Å². The highest BCUT2D eigenvalue weighted by Crippen LogP contribution is 2.25. The van der Waals surface area contributed by atoms with Gasteiger partial charge in [-0.05, 0) is 41.1 Å². The number of nitrogens with zero attached hydrogens (tertiary/aromatic N) is 2. The molecule has 0 radical (unpaired) electrons. The quantitative estimate of drug-likeness (QED) is 0.765. The van der Waals surface area contributed by atoms with Crippen molar-refractivity contribution in [3.63, 3.8) is 0 Å². The molecule has 2 rings (SSSR count). The maximum atomic E-state index is 5.68. The molecule has 4 nitrogen and oxygen atoms in total. The summed E-state index contributed by atoms with van der Waals surface area (Å²) >= 11 is 3.36. The average Bonchev–Trinajstić information content (AvgIpc) is 2.57. The van der Waals surface area contributed by atoms with Gasteiger partial charge in [0.1, 0.15) is 5.82 Å². The smallest absolute Gasteiger partial charge is 0.181 e. The van der Waals surface area contributed by atoms with E-state index in [-0.39, 0.29) is 0 Å². The minimum absolute atomic E-state index is 0.684. The van der Waals surface area contributed by atoms with Crippen molar-refractivity contribution in [2.24, 2.45) is 0 Å². The molecule has 72 valence electrons. The highest BCUT2D eigenvalue weighted by atomic mass is 79.9. The van der Waals surface area contributed by atoms with Crippen molar-refractivity contribution >= 4 is 21.6 Å². The Morgan fingerprint density at radius 3 is 2.79 bits per heavy atom. The van der Waals surface area contributed by atoms with E-state index in [1.807, 2.05) is 25.1 Å². The van der Waals surface area contributed by atoms with E-state index in [4.69, 9.17) is 5.73 Å². The van der Waals surface area contributed by atoms with Crippen LogP contribution in [-0.2, 0) is 0 Å². The molecule has 0 bridgehead atoms. The highest BCUT2D eigenvalue weighted by molar-refractivity contribution is 9.10. The summed E-state index contributed by atoms with van der Waals surface area (Å²) < 4.78 is 0.859. The van der Waals surface area contributed by atoms with Crippen LogP contribution in [0, 0.1) is 6.92 Å². The molecule has 0 saturated heterocycles. The third kappa shape index (κ3) is 1.63. The predicted molar refractivity (Wildman–Crippen MR) is 58.7 cm³/mol. The summed E-state index contributed by atoms with van der Waals surface area (Å²) in [6, 6.07) is 5.62. The molecule has 0 spiro atoms. The van der Waals surface area contributed by atoms with Crippen LogP contribution in [0.2, 0.25) is 0 Å². The van der Waals surface area contributed by atoms with E-state index in [9.17, 15) is 0 Å². The van der Waals surface area contributed by atoms with E-state index >= 15 is 0 Å². The molecule has 1 aromatic heterocycles. The van der Waals surface area contributed by atoms with Crippen LogP contribution in [0.5, 0.6) is 0 Å². The van der Waals surface area contributed by atoms with Crippen LogP contribution in [0.3, 0.4) is 0 Å². The van der Waals surface area contributed by atoms with Crippen LogP contribution in [0.1, 0.15) is 5.82 Å². The van der Waals surface area contributed by atoms with Gasteiger partial charge < -0.3 is 5.73 Å². The second-order valence-corrected chi connectivity index (χ2v) is 3.84. The normalized spacial score (nSPS) is 10.4. The van der Waals surface area contributed by atoms with Crippen molar-refractivity contribution in [1.82, 2.24) is 15.2 Å². The van der Waals surface area contributed by atoms with E-state index < -0.39 is 0 Å². The molecular weight excluding hydrogens is 244 g/mol. The molecule has 1 aromatic carbocycles. The maximum Gasteiger partial charge on any atom is 0.181 e. The number of anilines is 1. The van der Waals surface area contributed by atoms with Crippen LogP contribution in [0.4, 0.5) is 5.69 Å². The van der Waals surface area contributed by atoms with Gasteiger partial charge in [0.2, 0.25) is 0 Å². The Bertz CT molecular complexity index is 464. The first-order chi connectivity index (χ1) is 6.66. The molecule has 0 unspecified atom stereocenters. The third-order valence-electron chi connectivity index (χ3n) is 1.86. The molecule has 0 aliphatic carbocycles. The number of hydrogen-bond acceptors (Lipinski definition) is 3. The van der Waals surface area contributed by atoms with E-state index in [0.29, 0.717) is 11.5 Å². The molecule has 0 aliphatic rings. The second-order valence-electron chi connectivity index (χ2n) is 2.98. The molecule has 1 heterocycles. The third-order valence-corrected chi connectivity index (χ3v) is 2.54. The van der Waals surface area contributed by atoms with E-state index in [0.717, 1.165) is 15.9 Å². The second kappa shape index (κ2) is 3.42. The van der Waals surface area contributed by atoms with Crippen molar-refractivity contribution in [2.45, 2.75) is 6.92 Å². The number of benzene rings is 1. The van der Waals surface area contributed by atoms with E-state index in [1.165, 1.54) is 0 Å². The van der Waals surface area contributed by atoms with Crippen LogP contribution in [0.25, 0.3) is 11.4 Å². The first-order valence-electron chi connectivity index (χ1n) is 4.11. The minimum Gasteiger partial charge on any atom is -0.398 e. The molecule has 0 amide bonds. The fourth-order valence-electron chi connectivity index (χ4n) is 1.14. The lowest BCUT2D eigenvalue weighted by atomic mass is 10.2. The number of aromatic nitrogens is 3. The first kappa shape index (κ1) is 9.21. The monoisotopic (exact) mass is 252 g/mol. The number of nitrogens with two attached hydrogens (primary N) is 1. The lowest BCUT2D eigenvalue weighted by molar-refractivity contribution is 1.04. The molecule has 3 N–H and O–H groups in total. The van der Waals surface area contributed by atoms with Gasteiger partial charge in [-0.1, -0.05) is 0 Å². The molecule has 2 aromatic rings. The number of rotatable bonds is 1. The van der Waals surface area contributed by atoms with E-state index in [1.54, 1.807) is 0 Å². The molecular formula is C9H9BrN4. The Hall–Kier alpha value is -1.36. The molecule has 14 heavy (non-hydrogen) atoms. The number of nitrogens with one attached hydrogen (secondary N) is 1. The summed E-state index contributed by atoms with van der Waals surface area (Å²) in [6.07, 6.45) is 0. The lowest BCUT2D eigenvalue weighted by Crippen LogP contribution is -1.87. The summed E-state index contributed by atoms with van der Waals surface area (Å²) in [5.41, 5.74) is 7.33. The highest BCUT2D eigenvalue weighted by Gasteiger charge is 2.05. The Morgan fingerprint density at radius 1 is 1.43 bits per heavy atom. The number of aryl methyl sites for hydroxylation is 1. The average molecular weight is 253 g/mol. The molecule has 0 fully saturated rings. The fraction of sp³-hybridized carbons (Fsp3) is 0.111. The standard InChI is InChI=1S/C9H9BrN4/c1-5-12-9(14-13-5)6-2-3-8(11)7(10)4-6/h2-4H,11H2,1H3,(H,12,13,14). The summed E-state index contributed by atoms with van der Waals surface area (Å²) in [4.78, 5) is 4.22. The van der Waals surface area contributed by atoms with Gasteiger partial charge in [0.15, 0.2) is 5.82 Å². The maximum absolute atomic E-state index is 5.68. The number of hydrogen-bond donors (Lipinski definition) is 2. The van der Waals surface area contributed by atoms with Gasteiger partial charge in [0, 0.05) is 15.7 Å². The van der Waals surface area contributed by atoms with Crippen molar-refractivity contribution < 1.29 is 0 Å².